The molecule has 142 valence electrons. The SMILES string of the molecule is O=C(Cc1ccc(Cl)cc1)OCC(=O)N1CCN(C(=O)c2ccco2)CC1. The molecule has 1 aromatic heterocycles. The highest BCUT2D eigenvalue weighted by Crippen LogP contribution is 2.11. The average Bonchev–Trinajstić information content (AvgIpc) is 3.22. The number of nitrogens with zero attached hydrogens (tertiary/aromatic N) is 2. The molecule has 1 aliphatic rings. The number of esters is 1. The maximum absolute atomic E-state index is 12.2. The van der Waals surface area contributed by atoms with Gasteiger partial charge in [-0.1, -0.05) is 23.7 Å². The number of rotatable bonds is 5. The molecule has 1 aliphatic heterocycles. The van der Waals surface area contributed by atoms with Crippen molar-refractivity contribution in [3.63, 3.8) is 0 Å². The Kier molecular flexibility index (Phi) is 6.13. The van der Waals surface area contributed by atoms with E-state index in [1.165, 1.54) is 6.26 Å². The highest BCUT2D eigenvalue weighted by Gasteiger charge is 2.26. The van der Waals surface area contributed by atoms with Crippen LogP contribution in [0.3, 0.4) is 0 Å². The number of carbonyl (C=O) groups excluding carboxylic acids is 3. The van der Waals surface area contributed by atoms with Crippen LogP contribution in [-0.4, -0.2) is 60.4 Å². The summed E-state index contributed by atoms with van der Waals surface area (Å²) in [5.41, 5.74) is 0.766. The molecule has 27 heavy (non-hydrogen) atoms. The minimum atomic E-state index is -0.475. The smallest absolute Gasteiger partial charge is 0.310 e. The third-order valence-corrected chi connectivity index (χ3v) is 4.52. The quantitative estimate of drug-likeness (QED) is 0.729. The second kappa shape index (κ2) is 8.73. The second-order valence-electron chi connectivity index (χ2n) is 6.11. The van der Waals surface area contributed by atoms with Crippen LogP contribution in [0.25, 0.3) is 0 Å². The number of amides is 2. The molecule has 2 amide bonds. The number of piperazine rings is 1. The number of hydrogen-bond acceptors (Lipinski definition) is 5. The van der Waals surface area contributed by atoms with E-state index >= 15 is 0 Å². The van der Waals surface area contributed by atoms with E-state index in [1.807, 2.05) is 0 Å². The third kappa shape index (κ3) is 5.10. The van der Waals surface area contributed by atoms with Crippen LogP contribution in [0.1, 0.15) is 16.1 Å². The molecule has 0 aliphatic carbocycles. The van der Waals surface area contributed by atoms with Crippen molar-refractivity contribution >= 4 is 29.4 Å². The molecule has 0 N–H and O–H groups in total. The highest BCUT2D eigenvalue weighted by atomic mass is 35.5. The average molecular weight is 391 g/mol. The molecule has 2 aromatic rings. The maximum atomic E-state index is 12.2. The molecule has 1 fully saturated rings. The van der Waals surface area contributed by atoms with E-state index in [1.54, 1.807) is 46.2 Å². The van der Waals surface area contributed by atoms with Gasteiger partial charge in [0.15, 0.2) is 12.4 Å². The first-order valence-electron chi connectivity index (χ1n) is 8.53. The molecule has 8 heteroatoms. The van der Waals surface area contributed by atoms with Gasteiger partial charge in [0.2, 0.25) is 0 Å². The Balaban J connectivity index is 1.41. The zero-order valence-corrected chi connectivity index (χ0v) is 15.4. The van der Waals surface area contributed by atoms with Crippen molar-refractivity contribution in [3.05, 3.63) is 59.0 Å². The van der Waals surface area contributed by atoms with Crippen LogP contribution in [0.15, 0.2) is 47.1 Å². The first kappa shape index (κ1) is 19.0. The van der Waals surface area contributed by atoms with Crippen LogP contribution in [-0.2, 0) is 20.7 Å². The minimum absolute atomic E-state index is 0.0792. The van der Waals surface area contributed by atoms with Gasteiger partial charge in [0.25, 0.3) is 11.8 Å². The van der Waals surface area contributed by atoms with Gasteiger partial charge in [0.1, 0.15) is 0 Å². The molecule has 7 nitrogen and oxygen atoms in total. The Bertz CT molecular complexity index is 796. The largest absolute Gasteiger partial charge is 0.459 e. The molecule has 0 spiro atoms. The second-order valence-corrected chi connectivity index (χ2v) is 6.55. The van der Waals surface area contributed by atoms with E-state index in [9.17, 15) is 14.4 Å². The minimum Gasteiger partial charge on any atom is -0.459 e. The Morgan fingerprint density at radius 1 is 1.00 bits per heavy atom. The Labute approximate surface area is 161 Å². The molecular weight excluding hydrogens is 372 g/mol. The maximum Gasteiger partial charge on any atom is 0.310 e. The van der Waals surface area contributed by atoms with Crippen molar-refractivity contribution < 1.29 is 23.5 Å². The molecule has 0 atom stereocenters. The van der Waals surface area contributed by atoms with E-state index in [-0.39, 0.29) is 30.6 Å². The third-order valence-electron chi connectivity index (χ3n) is 4.27. The summed E-state index contributed by atoms with van der Waals surface area (Å²) < 4.78 is 10.2. The van der Waals surface area contributed by atoms with Gasteiger partial charge < -0.3 is 19.0 Å². The van der Waals surface area contributed by atoms with Gasteiger partial charge in [-0.2, -0.15) is 0 Å². The number of halogens is 1. The number of carbonyl (C=O) groups is 3. The molecule has 0 unspecified atom stereocenters. The van der Waals surface area contributed by atoms with E-state index < -0.39 is 5.97 Å². The fraction of sp³-hybridized carbons (Fsp3) is 0.316. The lowest BCUT2D eigenvalue weighted by atomic mass is 10.1. The van der Waals surface area contributed by atoms with Gasteiger partial charge in [-0.05, 0) is 29.8 Å². The molecule has 0 bridgehead atoms. The van der Waals surface area contributed by atoms with Gasteiger partial charge in [-0.3, -0.25) is 14.4 Å². The molecular formula is C19H19ClN2O5. The fourth-order valence-electron chi connectivity index (χ4n) is 2.77. The zero-order valence-electron chi connectivity index (χ0n) is 14.6. The van der Waals surface area contributed by atoms with Crippen LogP contribution >= 0.6 is 11.6 Å². The van der Waals surface area contributed by atoms with Crippen LogP contribution in [0.4, 0.5) is 0 Å². The zero-order chi connectivity index (χ0) is 19.2. The van der Waals surface area contributed by atoms with Crippen LogP contribution < -0.4 is 0 Å². The summed E-state index contributed by atoms with van der Waals surface area (Å²) in [7, 11) is 0. The van der Waals surface area contributed by atoms with Gasteiger partial charge in [0, 0.05) is 31.2 Å². The lowest BCUT2D eigenvalue weighted by Gasteiger charge is -2.34. The molecule has 1 aromatic carbocycles. The van der Waals surface area contributed by atoms with Crippen molar-refractivity contribution in [3.8, 4) is 0 Å². The van der Waals surface area contributed by atoms with Crippen molar-refractivity contribution in [2.45, 2.75) is 6.42 Å². The lowest BCUT2D eigenvalue weighted by molar-refractivity contribution is -0.152. The van der Waals surface area contributed by atoms with Crippen molar-refractivity contribution in [1.29, 1.82) is 0 Å². The topological polar surface area (TPSA) is 80.1 Å². The number of benzene rings is 1. The van der Waals surface area contributed by atoms with E-state index in [2.05, 4.69) is 0 Å². The predicted octanol–water partition coefficient (Wildman–Crippen LogP) is 2.00. The Morgan fingerprint density at radius 3 is 2.30 bits per heavy atom. The Morgan fingerprint density at radius 2 is 1.67 bits per heavy atom. The summed E-state index contributed by atoms with van der Waals surface area (Å²) in [6.45, 7) is 1.28. The van der Waals surface area contributed by atoms with Crippen LogP contribution in [0.5, 0.6) is 0 Å². The monoisotopic (exact) mass is 390 g/mol. The van der Waals surface area contributed by atoms with E-state index in [0.717, 1.165) is 5.56 Å². The number of hydrogen-bond donors (Lipinski definition) is 0. The van der Waals surface area contributed by atoms with Gasteiger partial charge in [0.05, 0.1) is 12.7 Å². The van der Waals surface area contributed by atoms with Crippen molar-refractivity contribution in [1.82, 2.24) is 9.80 Å². The first-order chi connectivity index (χ1) is 13.0. The van der Waals surface area contributed by atoms with Crippen molar-refractivity contribution in [2.75, 3.05) is 32.8 Å². The number of furan rings is 1. The molecule has 3 rings (SSSR count). The summed E-state index contributed by atoms with van der Waals surface area (Å²) in [5, 5.41) is 0.590. The van der Waals surface area contributed by atoms with E-state index in [4.69, 9.17) is 20.8 Å². The van der Waals surface area contributed by atoms with Crippen LogP contribution in [0, 0.1) is 0 Å². The standard InChI is InChI=1S/C19H19ClN2O5/c20-15-5-3-14(4-6-15)12-18(24)27-13-17(23)21-7-9-22(10-8-21)19(25)16-2-1-11-26-16/h1-6,11H,7-10,12-13H2. The van der Waals surface area contributed by atoms with Crippen LogP contribution in [0.2, 0.25) is 5.02 Å². The van der Waals surface area contributed by atoms with Gasteiger partial charge >= 0.3 is 5.97 Å². The summed E-state index contributed by atoms with van der Waals surface area (Å²) in [6.07, 6.45) is 1.53. The molecule has 0 radical (unpaired) electrons. The van der Waals surface area contributed by atoms with Gasteiger partial charge in [-0.25, -0.2) is 0 Å². The Hall–Kier alpha value is -2.80. The highest BCUT2D eigenvalue weighted by molar-refractivity contribution is 6.30. The normalized spacial score (nSPS) is 14.1. The summed E-state index contributed by atoms with van der Waals surface area (Å²) in [6, 6.07) is 10.1. The van der Waals surface area contributed by atoms with E-state index in [0.29, 0.717) is 31.2 Å². The lowest BCUT2D eigenvalue weighted by Crippen LogP contribution is -2.51. The summed E-state index contributed by atoms with van der Waals surface area (Å²) >= 11 is 5.80. The fourth-order valence-corrected chi connectivity index (χ4v) is 2.89. The predicted molar refractivity (Wildman–Crippen MR) is 97.3 cm³/mol. The summed E-state index contributed by atoms with van der Waals surface area (Å²) in [4.78, 5) is 39.5. The molecule has 2 heterocycles. The molecule has 1 saturated heterocycles. The van der Waals surface area contributed by atoms with Gasteiger partial charge in [-0.15, -0.1) is 0 Å². The van der Waals surface area contributed by atoms with Crippen molar-refractivity contribution in [2.24, 2.45) is 0 Å². The number of ether oxygens (including phenoxy) is 1. The summed E-state index contributed by atoms with van der Waals surface area (Å²) in [5.74, 6) is -0.658. The molecule has 0 saturated carbocycles. The first-order valence-corrected chi connectivity index (χ1v) is 8.91.